The number of pyridine rings is 1. The number of hydrazine groups is 1. The van der Waals surface area contributed by atoms with Crippen molar-refractivity contribution in [3.63, 3.8) is 0 Å². The summed E-state index contributed by atoms with van der Waals surface area (Å²) in [5, 5.41) is 11.6. The monoisotopic (exact) mass is 755 g/mol. The smallest absolute Gasteiger partial charge is 0.433 e. The molecule has 0 bridgehead atoms. The van der Waals surface area contributed by atoms with Crippen molar-refractivity contribution in [1.29, 1.82) is 0 Å². The Balaban J connectivity index is 1.30. The summed E-state index contributed by atoms with van der Waals surface area (Å²) in [6.07, 6.45) is -1.77. The van der Waals surface area contributed by atoms with Gasteiger partial charge in [0.05, 0.1) is 22.3 Å². The van der Waals surface area contributed by atoms with Crippen LogP contribution < -0.4 is 5.01 Å². The number of ketones is 2. The standard InChI is InChI=1S/C41H30ClF4N3O5/c1-48(37-29(42)15-17-32(47-37)41(44,45)46)49-38(53)25-14-13-24-27(34(25)39(49)54)19-28-36(52)26(21-8-4-2-5-9-21)20-33(51)40(28,23-10-6-3-7-11-23)35(24)22-12-16-31(50)30(43)18-22/h2-13,15-18,20,25,27-28,34-35,50H,14,19H2,1H3. The van der Waals surface area contributed by atoms with Crippen molar-refractivity contribution < 1.29 is 41.8 Å². The van der Waals surface area contributed by atoms with Gasteiger partial charge in [0.15, 0.2) is 29.0 Å². The maximum Gasteiger partial charge on any atom is 0.433 e. The van der Waals surface area contributed by atoms with Crippen molar-refractivity contribution in [2.75, 3.05) is 12.1 Å². The van der Waals surface area contributed by atoms with Crippen LogP contribution in [0.15, 0.2) is 109 Å². The van der Waals surface area contributed by atoms with E-state index in [0.29, 0.717) is 22.8 Å². The van der Waals surface area contributed by atoms with E-state index in [1.54, 1.807) is 66.7 Å². The van der Waals surface area contributed by atoms with E-state index in [4.69, 9.17) is 11.6 Å². The van der Waals surface area contributed by atoms with Crippen LogP contribution in [0.2, 0.25) is 5.02 Å². The third-order valence-electron chi connectivity index (χ3n) is 11.4. The molecule has 6 atom stereocenters. The molecule has 4 aromatic rings. The van der Waals surface area contributed by atoms with E-state index in [2.05, 4.69) is 4.98 Å². The van der Waals surface area contributed by atoms with Crippen LogP contribution >= 0.6 is 11.6 Å². The second-order valence-electron chi connectivity index (χ2n) is 14.0. The highest BCUT2D eigenvalue weighted by Crippen LogP contribution is 2.64. The van der Waals surface area contributed by atoms with Gasteiger partial charge in [0.2, 0.25) is 0 Å². The number of allylic oxidation sites excluding steroid dienone is 4. The molecule has 1 saturated carbocycles. The fourth-order valence-electron chi connectivity index (χ4n) is 9.14. The number of hydrogen-bond donors (Lipinski definition) is 1. The van der Waals surface area contributed by atoms with E-state index in [1.165, 1.54) is 25.3 Å². The van der Waals surface area contributed by atoms with Gasteiger partial charge in [-0.25, -0.2) is 9.37 Å². The Hall–Kier alpha value is -5.62. The number of anilines is 1. The summed E-state index contributed by atoms with van der Waals surface area (Å²) in [5.74, 6) is -9.30. The summed E-state index contributed by atoms with van der Waals surface area (Å²) < 4.78 is 56.3. The van der Waals surface area contributed by atoms with Crippen LogP contribution in [0.3, 0.4) is 0 Å². The van der Waals surface area contributed by atoms with Gasteiger partial charge >= 0.3 is 6.18 Å². The molecule has 0 spiro atoms. The van der Waals surface area contributed by atoms with Crippen LogP contribution in [0, 0.1) is 29.5 Å². The van der Waals surface area contributed by atoms with Crippen LogP contribution in [-0.4, -0.2) is 45.5 Å². The lowest BCUT2D eigenvalue weighted by Gasteiger charge is -2.55. The van der Waals surface area contributed by atoms with E-state index in [0.717, 1.165) is 22.2 Å². The minimum atomic E-state index is -4.83. The average molecular weight is 756 g/mol. The summed E-state index contributed by atoms with van der Waals surface area (Å²) in [7, 11) is 1.22. The molecule has 8 rings (SSSR count). The molecule has 1 aliphatic heterocycles. The molecule has 13 heteroatoms. The van der Waals surface area contributed by atoms with Gasteiger partial charge in [-0.2, -0.15) is 18.2 Å². The summed E-state index contributed by atoms with van der Waals surface area (Å²) in [6.45, 7) is 0. The first-order valence-corrected chi connectivity index (χ1v) is 17.6. The lowest BCUT2D eigenvalue weighted by molar-refractivity contribution is -0.141. The number of Topliss-reactive ketones (excluding diaryl/α,β-unsaturated/α-hetero) is 1. The number of hydrogen-bond acceptors (Lipinski definition) is 7. The number of benzene rings is 3. The third-order valence-corrected chi connectivity index (χ3v) is 11.7. The quantitative estimate of drug-likeness (QED) is 0.128. The first-order valence-electron chi connectivity index (χ1n) is 17.2. The minimum absolute atomic E-state index is 0.00894. The third kappa shape index (κ3) is 5.21. The molecule has 1 N–H and O–H groups in total. The van der Waals surface area contributed by atoms with Gasteiger partial charge in [-0.05, 0) is 65.8 Å². The predicted octanol–water partition coefficient (Wildman–Crippen LogP) is 7.47. The number of rotatable bonds is 5. The molecule has 1 saturated heterocycles. The molecule has 0 radical (unpaired) electrons. The number of amides is 2. The van der Waals surface area contributed by atoms with Crippen molar-refractivity contribution in [3.8, 4) is 5.75 Å². The number of carbonyl (C=O) groups excluding carboxylic acids is 4. The predicted molar refractivity (Wildman–Crippen MR) is 189 cm³/mol. The van der Waals surface area contributed by atoms with Crippen LogP contribution in [0.4, 0.5) is 23.4 Å². The van der Waals surface area contributed by atoms with Crippen LogP contribution in [-0.2, 0) is 30.8 Å². The number of alkyl halides is 3. The lowest BCUT2D eigenvalue weighted by atomic mass is 9.44. The number of phenolic OH excluding ortho intramolecular Hbond substituents is 1. The van der Waals surface area contributed by atoms with E-state index < -0.39 is 81.9 Å². The summed E-state index contributed by atoms with van der Waals surface area (Å²) in [6, 6.07) is 22.8. The molecule has 8 nitrogen and oxygen atoms in total. The summed E-state index contributed by atoms with van der Waals surface area (Å²) in [5.41, 5.74) is -0.891. The van der Waals surface area contributed by atoms with Crippen molar-refractivity contribution >= 4 is 46.4 Å². The van der Waals surface area contributed by atoms with Crippen LogP contribution in [0.5, 0.6) is 5.75 Å². The fourth-order valence-corrected chi connectivity index (χ4v) is 9.37. The number of carbonyl (C=O) groups is 4. The Morgan fingerprint density at radius 2 is 1.59 bits per heavy atom. The molecular weight excluding hydrogens is 726 g/mol. The highest BCUT2D eigenvalue weighted by atomic mass is 35.5. The van der Waals surface area contributed by atoms with Gasteiger partial charge in [0.1, 0.15) is 5.69 Å². The molecule has 2 heterocycles. The molecular formula is C41H30ClF4N3O5. The van der Waals surface area contributed by atoms with Gasteiger partial charge in [-0.15, -0.1) is 0 Å². The van der Waals surface area contributed by atoms with E-state index in [9.17, 15) is 32.7 Å². The number of fused-ring (bicyclic) bond motifs is 4. The Morgan fingerprint density at radius 3 is 2.26 bits per heavy atom. The highest BCUT2D eigenvalue weighted by Gasteiger charge is 2.66. The van der Waals surface area contributed by atoms with Gasteiger partial charge in [-0.1, -0.05) is 90.0 Å². The van der Waals surface area contributed by atoms with Gasteiger partial charge < -0.3 is 5.11 Å². The van der Waals surface area contributed by atoms with Crippen molar-refractivity contribution in [3.05, 3.63) is 142 Å². The lowest BCUT2D eigenvalue weighted by Crippen LogP contribution is -2.59. The minimum Gasteiger partial charge on any atom is -0.505 e. The number of aromatic hydroxyl groups is 1. The summed E-state index contributed by atoms with van der Waals surface area (Å²) >= 11 is 6.28. The molecule has 1 aromatic heterocycles. The molecule has 3 aliphatic carbocycles. The fraction of sp³-hybridized carbons (Fsp3) is 0.244. The Kier molecular flexibility index (Phi) is 8.37. The van der Waals surface area contributed by atoms with E-state index in [1.807, 2.05) is 0 Å². The zero-order valence-electron chi connectivity index (χ0n) is 28.4. The largest absolute Gasteiger partial charge is 0.505 e. The Bertz CT molecular complexity index is 2310. The SMILES string of the molecule is CN(c1nc(C(F)(F)F)ccc1Cl)N1C(=O)C2CC=C3C(CC4C(=O)C(c5ccccc5)=CC(=O)C4(c4ccccc4)C3c3ccc(O)c(F)c3)C2C1=O. The van der Waals surface area contributed by atoms with E-state index >= 15 is 9.18 Å². The second-order valence-corrected chi connectivity index (χ2v) is 14.4. The molecule has 6 unspecified atom stereocenters. The number of nitrogens with zero attached hydrogens (tertiary/aromatic N) is 3. The van der Waals surface area contributed by atoms with Crippen LogP contribution in [0.25, 0.3) is 5.57 Å². The Labute approximate surface area is 311 Å². The van der Waals surface area contributed by atoms with E-state index in [-0.39, 0.29) is 34.8 Å². The molecule has 2 amide bonds. The molecule has 274 valence electrons. The highest BCUT2D eigenvalue weighted by molar-refractivity contribution is 6.33. The van der Waals surface area contributed by atoms with Gasteiger partial charge in [0.25, 0.3) is 11.8 Å². The molecule has 4 aliphatic rings. The van der Waals surface area contributed by atoms with Crippen molar-refractivity contribution in [2.45, 2.75) is 30.4 Å². The van der Waals surface area contributed by atoms with Crippen molar-refractivity contribution in [1.82, 2.24) is 9.99 Å². The molecule has 54 heavy (non-hydrogen) atoms. The zero-order chi connectivity index (χ0) is 38.3. The number of imide groups is 1. The summed E-state index contributed by atoms with van der Waals surface area (Å²) in [4.78, 5) is 62.3. The number of halogens is 5. The average Bonchev–Trinajstić information content (AvgIpc) is 3.42. The topological polar surface area (TPSA) is 108 Å². The van der Waals surface area contributed by atoms with Gasteiger partial charge in [-0.3, -0.25) is 24.2 Å². The normalized spacial score (nSPS) is 26.5. The second kappa shape index (κ2) is 12.8. The molecule has 2 fully saturated rings. The van der Waals surface area contributed by atoms with Gasteiger partial charge in [0, 0.05) is 24.5 Å². The zero-order valence-corrected chi connectivity index (χ0v) is 29.2. The Morgan fingerprint density at radius 1 is 0.907 bits per heavy atom. The van der Waals surface area contributed by atoms with Crippen molar-refractivity contribution in [2.24, 2.45) is 23.7 Å². The maximum atomic E-state index is 15.3. The maximum absolute atomic E-state index is 15.3. The van der Waals surface area contributed by atoms with Crippen LogP contribution in [0.1, 0.15) is 41.1 Å². The first-order chi connectivity index (χ1) is 25.7. The first kappa shape index (κ1) is 35.4. The number of aromatic nitrogens is 1. The number of phenols is 1. The molecule has 3 aromatic carbocycles.